The molecule has 1 aromatic carbocycles. The molecule has 0 saturated carbocycles. The molecule has 2 aliphatic heterocycles. The van der Waals surface area contributed by atoms with Crippen molar-refractivity contribution in [1.82, 2.24) is 9.88 Å². The highest BCUT2D eigenvalue weighted by atomic mass is 16.5. The lowest BCUT2D eigenvalue weighted by Gasteiger charge is -2.28. The third-order valence-corrected chi connectivity index (χ3v) is 6.38. The van der Waals surface area contributed by atoms with Gasteiger partial charge < -0.3 is 19.9 Å². The Morgan fingerprint density at radius 3 is 2.80 bits per heavy atom. The van der Waals surface area contributed by atoms with Gasteiger partial charge in [-0.15, -0.1) is 0 Å². The van der Waals surface area contributed by atoms with Crippen LogP contribution in [-0.2, 0) is 0 Å². The second kappa shape index (κ2) is 7.90. The smallest absolute Gasteiger partial charge is 0.126 e. The van der Waals surface area contributed by atoms with E-state index in [-0.39, 0.29) is 5.92 Å². The second-order valence-corrected chi connectivity index (χ2v) is 8.18. The number of para-hydroxylation sites is 1. The Morgan fingerprint density at radius 2 is 1.97 bits per heavy atom. The number of aromatic nitrogens is 1. The monoisotopic (exact) mass is 400 g/mol. The summed E-state index contributed by atoms with van der Waals surface area (Å²) in [6, 6.07) is 8.13. The third-order valence-electron chi connectivity index (χ3n) is 6.38. The van der Waals surface area contributed by atoms with E-state index in [1.54, 1.807) is 7.11 Å². The van der Waals surface area contributed by atoms with E-state index in [0.717, 1.165) is 54.6 Å². The maximum absolute atomic E-state index is 8.66. The Bertz CT molecular complexity index is 1050. The number of H-pyrrole nitrogens is 1. The number of anilines is 1. The molecule has 0 bridgehead atoms. The molecule has 1 atom stereocenters. The number of nitrogens with zero attached hydrogens (tertiary/aromatic N) is 1. The zero-order chi connectivity index (χ0) is 20.5. The maximum atomic E-state index is 8.66. The van der Waals surface area contributed by atoms with Gasteiger partial charge in [0.1, 0.15) is 17.4 Å². The molecular weight excluding hydrogens is 372 g/mol. The van der Waals surface area contributed by atoms with Crippen LogP contribution in [0.15, 0.2) is 59.8 Å². The van der Waals surface area contributed by atoms with Gasteiger partial charge in [-0.25, -0.2) is 0 Å². The van der Waals surface area contributed by atoms with Crippen molar-refractivity contribution in [3.63, 3.8) is 0 Å². The Balaban J connectivity index is 1.43. The minimum atomic E-state index is 0.172. The topological polar surface area (TPSA) is 64.1 Å². The summed E-state index contributed by atoms with van der Waals surface area (Å²) < 4.78 is 5.59. The molecule has 5 heteroatoms. The molecule has 1 saturated heterocycles. The lowest BCUT2D eigenvalue weighted by molar-refractivity contribution is 0.416. The van der Waals surface area contributed by atoms with E-state index in [1.165, 1.54) is 29.6 Å². The van der Waals surface area contributed by atoms with Crippen LogP contribution < -0.4 is 10.1 Å². The van der Waals surface area contributed by atoms with Crippen LogP contribution in [0, 0.1) is 11.3 Å². The number of nitrogens with one attached hydrogen (secondary N) is 3. The van der Waals surface area contributed by atoms with Gasteiger partial charge in [0.15, 0.2) is 0 Å². The molecule has 1 aliphatic carbocycles. The first kappa shape index (κ1) is 18.8. The molecule has 0 amide bonds. The van der Waals surface area contributed by atoms with Gasteiger partial charge in [-0.1, -0.05) is 36.4 Å². The zero-order valence-corrected chi connectivity index (χ0v) is 17.4. The molecule has 30 heavy (non-hydrogen) atoms. The number of benzene rings is 1. The average Bonchev–Trinajstić information content (AvgIpc) is 3.48. The summed E-state index contributed by atoms with van der Waals surface area (Å²) in [4.78, 5) is 5.62. The number of aromatic amines is 1. The highest BCUT2D eigenvalue weighted by Crippen LogP contribution is 2.40. The third kappa shape index (κ3) is 3.34. The quantitative estimate of drug-likeness (QED) is 0.496. The van der Waals surface area contributed by atoms with Gasteiger partial charge in [0, 0.05) is 48.4 Å². The molecule has 5 rings (SSSR count). The molecule has 0 radical (unpaired) electrons. The fourth-order valence-electron chi connectivity index (χ4n) is 4.73. The van der Waals surface area contributed by atoms with Crippen LogP contribution in [0.3, 0.4) is 0 Å². The number of amidine groups is 1. The molecule has 1 aromatic heterocycles. The SMILES string of the molecule is COc1ccccc1-c1c[nH]c2c1C=C(C1=CC=CC(C(=N)N3CCCC3)C1)CN2. The lowest BCUT2D eigenvalue weighted by Crippen LogP contribution is -2.33. The fourth-order valence-corrected chi connectivity index (χ4v) is 4.73. The predicted octanol–water partition coefficient (Wildman–Crippen LogP) is 5.07. The van der Waals surface area contributed by atoms with Gasteiger partial charge in [0.05, 0.1) is 7.11 Å². The minimum absolute atomic E-state index is 0.172. The summed E-state index contributed by atoms with van der Waals surface area (Å²) >= 11 is 0. The van der Waals surface area contributed by atoms with E-state index >= 15 is 0 Å². The van der Waals surface area contributed by atoms with E-state index < -0.39 is 0 Å². The molecule has 3 aliphatic rings. The Hall–Kier alpha value is -3.21. The number of rotatable bonds is 4. The molecule has 1 fully saturated rings. The Kier molecular flexibility index (Phi) is 4.95. The summed E-state index contributed by atoms with van der Waals surface area (Å²) in [6.07, 6.45) is 14.2. The Morgan fingerprint density at radius 1 is 1.13 bits per heavy atom. The lowest BCUT2D eigenvalue weighted by atomic mass is 9.86. The van der Waals surface area contributed by atoms with Gasteiger partial charge in [0.2, 0.25) is 0 Å². The van der Waals surface area contributed by atoms with E-state index in [1.807, 2.05) is 18.2 Å². The first-order chi connectivity index (χ1) is 14.7. The van der Waals surface area contributed by atoms with E-state index in [4.69, 9.17) is 10.1 Å². The number of hydrogen-bond acceptors (Lipinski definition) is 3. The molecule has 0 spiro atoms. The number of ether oxygens (including phenoxy) is 1. The average molecular weight is 401 g/mol. The number of fused-ring (bicyclic) bond motifs is 1. The van der Waals surface area contributed by atoms with Crippen molar-refractivity contribution in [2.75, 3.05) is 32.1 Å². The molecule has 3 N–H and O–H groups in total. The first-order valence-electron chi connectivity index (χ1n) is 10.7. The number of hydrogen-bond donors (Lipinski definition) is 3. The maximum Gasteiger partial charge on any atom is 0.126 e. The van der Waals surface area contributed by atoms with Gasteiger partial charge in [-0.05, 0) is 42.6 Å². The van der Waals surface area contributed by atoms with Crippen molar-refractivity contribution >= 4 is 17.7 Å². The van der Waals surface area contributed by atoms with Gasteiger partial charge in [-0.3, -0.25) is 5.41 Å². The first-order valence-corrected chi connectivity index (χ1v) is 10.7. The summed E-state index contributed by atoms with van der Waals surface area (Å²) in [6.45, 7) is 2.85. The van der Waals surface area contributed by atoms with E-state index in [0.29, 0.717) is 0 Å². The molecule has 3 heterocycles. The summed E-state index contributed by atoms with van der Waals surface area (Å²) in [5.41, 5.74) is 6.00. The number of methoxy groups -OCH3 is 1. The van der Waals surface area contributed by atoms with Gasteiger partial charge in [-0.2, -0.15) is 0 Å². The van der Waals surface area contributed by atoms with Crippen LogP contribution >= 0.6 is 0 Å². The largest absolute Gasteiger partial charge is 0.496 e. The molecular formula is C25H28N4O. The van der Waals surface area contributed by atoms with Crippen LogP contribution in [-0.4, -0.2) is 42.5 Å². The summed E-state index contributed by atoms with van der Waals surface area (Å²) in [7, 11) is 1.71. The van der Waals surface area contributed by atoms with E-state index in [2.05, 4.69) is 51.8 Å². The van der Waals surface area contributed by atoms with Crippen LogP contribution in [0.25, 0.3) is 17.2 Å². The predicted molar refractivity (Wildman–Crippen MR) is 123 cm³/mol. The van der Waals surface area contributed by atoms with Crippen molar-refractivity contribution in [3.05, 3.63) is 65.4 Å². The van der Waals surface area contributed by atoms with Crippen LogP contribution in [0.1, 0.15) is 24.8 Å². The second-order valence-electron chi connectivity index (χ2n) is 8.18. The van der Waals surface area contributed by atoms with Gasteiger partial charge in [0.25, 0.3) is 0 Å². The van der Waals surface area contributed by atoms with E-state index in [9.17, 15) is 0 Å². The normalized spacial score (nSPS) is 20.3. The van der Waals surface area contributed by atoms with Crippen molar-refractivity contribution < 1.29 is 4.74 Å². The summed E-state index contributed by atoms with van der Waals surface area (Å²) in [5.74, 6) is 2.87. The van der Waals surface area contributed by atoms with Crippen molar-refractivity contribution in [2.24, 2.45) is 5.92 Å². The minimum Gasteiger partial charge on any atom is -0.496 e. The number of likely N-dealkylation sites (tertiary alicyclic amines) is 1. The summed E-state index contributed by atoms with van der Waals surface area (Å²) in [5, 5.41) is 12.2. The van der Waals surface area contributed by atoms with Crippen molar-refractivity contribution in [3.8, 4) is 16.9 Å². The van der Waals surface area contributed by atoms with Crippen LogP contribution in [0.2, 0.25) is 0 Å². The van der Waals surface area contributed by atoms with Crippen LogP contribution in [0.4, 0.5) is 5.82 Å². The Labute approximate surface area is 177 Å². The highest BCUT2D eigenvalue weighted by molar-refractivity contribution is 5.88. The number of allylic oxidation sites excluding steroid dienone is 2. The zero-order valence-electron chi connectivity index (χ0n) is 17.4. The molecule has 154 valence electrons. The van der Waals surface area contributed by atoms with Crippen molar-refractivity contribution in [2.45, 2.75) is 19.3 Å². The molecule has 5 nitrogen and oxygen atoms in total. The highest BCUT2D eigenvalue weighted by Gasteiger charge is 2.26. The fraction of sp³-hybridized carbons (Fsp3) is 0.320. The molecule has 2 aromatic rings. The van der Waals surface area contributed by atoms with Gasteiger partial charge >= 0.3 is 0 Å². The molecule has 1 unspecified atom stereocenters. The van der Waals surface area contributed by atoms with Crippen molar-refractivity contribution in [1.29, 1.82) is 5.41 Å². The van der Waals surface area contributed by atoms with Crippen LogP contribution in [0.5, 0.6) is 5.75 Å². The standard InChI is InChI=1S/C25H28N4O/c1-30-23-10-3-2-9-20(23)22-16-28-25-21(22)14-19(15-27-25)17-7-6-8-18(13-17)24(26)29-11-4-5-12-29/h2-3,6-10,14,16,18,26-28H,4-5,11-13,15H2,1H3.